The summed E-state index contributed by atoms with van der Waals surface area (Å²) in [6.07, 6.45) is 4.72. The Morgan fingerprint density at radius 2 is 2.03 bits per heavy atom. The molecule has 1 saturated carbocycles. The topological polar surface area (TPSA) is 116 Å². The maximum absolute atomic E-state index is 16.2. The van der Waals surface area contributed by atoms with Crippen LogP contribution in [0.4, 0.5) is 16.0 Å². The predicted molar refractivity (Wildman–Crippen MR) is 126 cm³/mol. The fourth-order valence-corrected chi connectivity index (χ4v) is 5.71. The van der Waals surface area contributed by atoms with Crippen LogP contribution in [0.3, 0.4) is 0 Å². The molecule has 1 fully saturated rings. The van der Waals surface area contributed by atoms with Gasteiger partial charge in [0.15, 0.2) is 11.6 Å². The van der Waals surface area contributed by atoms with Gasteiger partial charge in [-0.05, 0) is 48.4 Å². The fraction of sp³-hybridized carbons (Fsp3) is 0.375. The highest BCUT2D eigenvalue weighted by Gasteiger charge is 2.52. The van der Waals surface area contributed by atoms with E-state index in [1.165, 1.54) is 0 Å². The van der Waals surface area contributed by atoms with Crippen molar-refractivity contribution in [3.63, 3.8) is 0 Å². The van der Waals surface area contributed by atoms with Crippen LogP contribution in [0.25, 0.3) is 11.3 Å². The number of rotatable bonds is 2. The molecule has 1 spiro atoms. The number of amides is 2. The molecule has 178 valence electrons. The van der Waals surface area contributed by atoms with Crippen LogP contribution in [0.5, 0.6) is 0 Å². The Hall–Kier alpha value is -3.53. The number of likely N-dealkylation sites (N-methyl/N-ethyl adjacent to an activating group) is 1. The van der Waals surface area contributed by atoms with Crippen molar-refractivity contribution in [2.45, 2.75) is 37.5 Å². The van der Waals surface area contributed by atoms with E-state index in [1.807, 2.05) is 0 Å². The first-order valence-electron chi connectivity index (χ1n) is 12.9. The number of carbonyl (C=O) groups excluding carboxylic acids is 2. The van der Waals surface area contributed by atoms with Crippen LogP contribution >= 0.6 is 11.6 Å². The predicted octanol–water partition coefficient (Wildman–Crippen LogP) is 2.90. The van der Waals surface area contributed by atoms with Crippen LogP contribution in [0, 0.1) is 5.82 Å². The molecule has 4 aliphatic rings. The molecule has 0 saturated heterocycles. The average Bonchev–Trinajstić information content (AvgIpc) is 3.52. The van der Waals surface area contributed by atoms with Crippen LogP contribution in [0.15, 0.2) is 6.20 Å². The van der Waals surface area contributed by atoms with Crippen molar-refractivity contribution in [1.29, 1.82) is 0 Å². The van der Waals surface area contributed by atoms with Crippen molar-refractivity contribution >= 4 is 35.1 Å². The number of aromatic amines is 1. The zero-order valence-corrected chi connectivity index (χ0v) is 19.1. The number of halogens is 2. The minimum atomic E-state index is -2.66. The Balaban J connectivity index is 1.33. The second-order valence-electron chi connectivity index (χ2n) is 9.51. The number of hydrogen-bond acceptors (Lipinski definition) is 6. The summed E-state index contributed by atoms with van der Waals surface area (Å²) in [6.45, 7) is -2.15. The van der Waals surface area contributed by atoms with E-state index in [9.17, 15) is 9.59 Å². The van der Waals surface area contributed by atoms with Gasteiger partial charge in [-0.25, -0.2) is 14.4 Å². The third kappa shape index (κ3) is 2.89. The Kier molecular flexibility index (Phi) is 3.57. The van der Waals surface area contributed by atoms with Crippen molar-refractivity contribution < 1.29 is 18.1 Å². The van der Waals surface area contributed by atoms with Crippen molar-refractivity contribution in [2.24, 2.45) is 0 Å². The smallest absolute Gasteiger partial charge is 0.259 e. The number of fused-ring (bicyclic) bond motifs is 7. The van der Waals surface area contributed by atoms with Crippen molar-refractivity contribution in [2.75, 3.05) is 25.4 Å². The molecule has 0 aromatic carbocycles. The largest absolute Gasteiger partial charge is 0.357 e. The molecule has 2 aliphatic heterocycles. The number of aromatic nitrogens is 4. The van der Waals surface area contributed by atoms with Crippen molar-refractivity contribution in [3.05, 3.63) is 50.9 Å². The van der Waals surface area contributed by atoms with E-state index in [4.69, 9.17) is 15.7 Å². The summed E-state index contributed by atoms with van der Waals surface area (Å²) in [5.74, 6) is -1.95. The molecule has 0 radical (unpaired) electrons. The number of anilines is 2. The first-order chi connectivity index (χ1) is 18.1. The molecule has 2 amide bonds. The molecular formula is C24H21ClFN7O2. The van der Waals surface area contributed by atoms with E-state index in [2.05, 4.69) is 30.6 Å². The lowest BCUT2D eigenvalue weighted by Gasteiger charge is -2.26. The van der Waals surface area contributed by atoms with E-state index in [-0.39, 0.29) is 52.5 Å². The van der Waals surface area contributed by atoms with E-state index in [0.717, 1.165) is 29.0 Å². The lowest BCUT2D eigenvalue weighted by molar-refractivity contribution is 0.0779. The van der Waals surface area contributed by atoms with Crippen LogP contribution < -0.4 is 10.6 Å². The fourth-order valence-electron chi connectivity index (χ4n) is 5.52. The second kappa shape index (κ2) is 7.00. The summed E-state index contributed by atoms with van der Waals surface area (Å²) in [7, 11) is 0. The van der Waals surface area contributed by atoms with Gasteiger partial charge in [0, 0.05) is 53.5 Å². The molecule has 0 unspecified atom stereocenters. The van der Waals surface area contributed by atoms with Gasteiger partial charge in [-0.3, -0.25) is 9.59 Å². The standard InChI is InChI=1S/C24H21ClFN7O2/c1-33-7-4-12-15(22(33)35)19(32-23(25)29-12)31-20-16(26)13-10(8-27-20)2-3-11-14-18(30-17(11)13)24(5-6-24)9-28-21(14)34/h8,30H,2-7,9H2,1H3,(H,28,34)(H,27,29,31,32)/i1D3. The molecule has 7 rings (SSSR count). The molecule has 0 bridgehead atoms. The first-order valence-corrected chi connectivity index (χ1v) is 11.8. The molecule has 3 aromatic rings. The van der Waals surface area contributed by atoms with Gasteiger partial charge in [-0.1, -0.05) is 0 Å². The summed E-state index contributed by atoms with van der Waals surface area (Å²) in [6, 6.07) is 0. The molecule has 0 atom stereocenters. The number of pyridine rings is 1. The van der Waals surface area contributed by atoms with Crippen LogP contribution in [-0.2, 0) is 24.7 Å². The van der Waals surface area contributed by atoms with Gasteiger partial charge < -0.3 is 20.5 Å². The summed E-state index contributed by atoms with van der Waals surface area (Å²) in [5.41, 5.74) is 3.92. The molecular weight excluding hydrogens is 473 g/mol. The third-order valence-corrected chi connectivity index (χ3v) is 7.69. The Morgan fingerprint density at radius 1 is 1.17 bits per heavy atom. The number of carbonyl (C=O) groups is 2. The van der Waals surface area contributed by atoms with Gasteiger partial charge >= 0.3 is 0 Å². The number of aryl methyl sites for hydroxylation is 1. The molecule has 35 heavy (non-hydrogen) atoms. The SMILES string of the molecule is [2H]C([2H])([2H])N1CCc2nc(Cl)nc(Nc3ncc4c(c3F)-c3[nH]c5c(c3CC4)C(=O)NCC53CC3)c2C1=O. The van der Waals surface area contributed by atoms with E-state index in [1.54, 1.807) is 6.20 Å². The zero-order chi connectivity index (χ0) is 26.6. The molecule has 2 aliphatic carbocycles. The number of hydrogen-bond donors (Lipinski definition) is 3. The second-order valence-corrected chi connectivity index (χ2v) is 9.85. The highest BCUT2D eigenvalue weighted by atomic mass is 35.5. The summed E-state index contributed by atoms with van der Waals surface area (Å²) < 4.78 is 39.2. The van der Waals surface area contributed by atoms with E-state index in [0.29, 0.717) is 41.8 Å². The Bertz CT molecular complexity index is 1580. The lowest BCUT2D eigenvalue weighted by atomic mass is 9.86. The van der Waals surface area contributed by atoms with Gasteiger partial charge in [-0.2, -0.15) is 4.98 Å². The highest BCUT2D eigenvalue weighted by Crippen LogP contribution is 2.53. The van der Waals surface area contributed by atoms with Crippen LogP contribution in [0.2, 0.25) is 5.28 Å². The number of nitrogens with one attached hydrogen (secondary N) is 3. The molecule has 5 heterocycles. The summed E-state index contributed by atoms with van der Waals surface area (Å²) in [4.78, 5) is 42.5. The molecule has 3 aromatic heterocycles. The van der Waals surface area contributed by atoms with Gasteiger partial charge in [0.25, 0.3) is 11.8 Å². The number of H-pyrrole nitrogens is 1. The lowest BCUT2D eigenvalue weighted by Crippen LogP contribution is -2.39. The first kappa shape index (κ1) is 17.8. The van der Waals surface area contributed by atoms with Crippen molar-refractivity contribution in [3.8, 4) is 11.3 Å². The van der Waals surface area contributed by atoms with E-state index < -0.39 is 18.7 Å². The summed E-state index contributed by atoms with van der Waals surface area (Å²) in [5, 5.41) is 5.59. The monoisotopic (exact) mass is 496 g/mol. The maximum atomic E-state index is 16.2. The van der Waals surface area contributed by atoms with Gasteiger partial charge in [-0.15, -0.1) is 0 Å². The van der Waals surface area contributed by atoms with Gasteiger partial charge in [0.1, 0.15) is 11.4 Å². The van der Waals surface area contributed by atoms with Gasteiger partial charge in [0.05, 0.1) is 17.0 Å². The highest BCUT2D eigenvalue weighted by molar-refractivity contribution is 6.28. The molecule has 11 heteroatoms. The Morgan fingerprint density at radius 3 is 2.83 bits per heavy atom. The van der Waals surface area contributed by atoms with Gasteiger partial charge in [0.2, 0.25) is 5.28 Å². The molecule has 3 N–H and O–H groups in total. The Labute approximate surface area is 208 Å². The maximum Gasteiger partial charge on any atom is 0.259 e. The van der Waals surface area contributed by atoms with E-state index >= 15 is 4.39 Å². The summed E-state index contributed by atoms with van der Waals surface area (Å²) >= 11 is 6.09. The minimum Gasteiger partial charge on any atom is -0.357 e. The van der Waals surface area contributed by atoms with Crippen LogP contribution in [0.1, 0.15) is 60.2 Å². The normalized spacial score (nSPS) is 20.6. The van der Waals surface area contributed by atoms with Crippen molar-refractivity contribution in [1.82, 2.24) is 30.2 Å². The minimum absolute atomic E-state index is 0.0596. The van der Waals surface area contributed by atoms with Crippen LogP contribution in [-0.4, -0.2) is 56.7 Å². The molecule has 9 nitrogen and oxygen atoms in total. The zero-order valence-electron chi connectivity index (χ0n) is 21.4. The quantitative estimate of drug-likeness (QED) is 0.470. The third-order valence-electron chi connectivity index (χ3n) is 7.52. The average molecular weight is 497 g/mol. The number of nitrogens with zero attached hydrogens (tertiary/aromatic N) is 4.